The molecular formula is C15H18N4O. The van der Waals surface area contributed by atoms with E-state index in [0.717, 1.165) is 16.9 Å². The average Bonchev–Trinajstić information content (AvgIpc) is 2.47. The predicted molar refractivity (Wildman–Crippen MR) is 77.8 cm³/mol. The second kappa shape index (κ2) is 6.65. The molecule has 5 nitrogen and oxygen atoms in total. The number of hydrogen-bond acceptors (Lipinski definition) is 4. The van der Waals surface area contributed by atoms with Crippen LogP contribution in [-0.2, 0) is 11.3 Å². The minimum Gasteiger partial charge on any atom is -0.399 e. The Morgan fingerprint density at radius 2 is 2.05 bits per heavy atom. The van der Waals surface area contributed by atoms with E-state index in [1.54, 1.807) is 12.3 Å². The highest BCUT2D eigenvalue weighted by atomic mass is 16.1. The van der Waals surface area contributed by atoms with Crippen LogP contribution in [0.15, 0.2) is 42.9 Å². The number of nitrogens with zero attached hydrogens (tertiary/aromatic N) is 2. The second-order valence-corrected chi connectivity index (χ2v) is 4.75. The van der Waals surface area contributed by atoms with E-state index in [-0.39, 0.29) is 11.8 Å². The van der Waals surface area contributed by atoms with E-state index >= 15 is 0 Å². The van der Waals surface area contributed by atoms with Gasteiger partial charge in [0.05, 0.1) is 12.2 Å². The lowest BCUT2D eigenvalue weighted by Crippen LogP contribution is -2.24. The molecule has 0 aliphatic rings. The third kappa shape index (κ3) is 4.05. The summed E-state index contributed by atoms with van der Waals surface area (Å²) in [6, 6.07) is 9.40. The Morgan fingerprint density at radius 3 is 2.70 bits per heavy atom. The summed E-state index contributed by atoms with van der Waals surface area (Å²) in [5, 5.41) is 2.86. The number of rotatable bonds is 5. The van der Waals surface area contributed by atoms with Gasteiger partial charge in [0.25, 0.3) is 0 Å². The third-order valence-corrected chi connectivity index (χ3v) is 3.11. The molecule has 0 aliphatic heterocycles. The number of hydrogen-bond donors (Lipinski definition) is 2. The van der Waals surface area contributed by atoms with Gasteiger partial charge >= 0.3 is 0 Å². The summed E-state index contributed by atoms with van der Waals surface area (Å²) in [6.45, 7) is 2.45. The third-order valence-electron chi connectivity index (χ3n) is 3.11. The lowest BCUT2D eigenvalue weighted by Gasteiger charge is -2.12. The number of nitrogens with two attached hydrogens (primary N) is 1. The van der Waals surface area contributed by atoms with E-state index in [0.29, 0.717) is 13.0 Å². The van der Waals surface area contributed by atoms with Crippen molar-refractivity contribution in [1.82, 2.24) is 15.3 Å². The van der Waals surface area contributed by atoms with Crippen LogP contribution in [0, 0.1) is 0 Å². The highest BCUT2D eigenvalue weighted by molar-refractivity contribution is 5.76. The second-order valence-electron chi connectivity index (χ2n) is 4.75. The van der Waals surface area contributed by atoms with Crippen LogP contribution < -0.4 is 11.1 Å². The van der Waals surface area contributed by atoms with Gasteiger partial charge in [0.15, 0.2) is 0 Å². The molecule has 0 aliphatic carbocycles. The van der Waals surface area contributed by atoms with E-state index in [2.05, 4.69) is 15.3 Å². The fourth-order valence-electron chi connectivity index (χ4n) is 1.90. The van der Waals surface area contributed by atoms with Gasteiger partial charge in [0, 0.05) is 18.3 Å². The van der Waals surface area contributed by atoms with Crippen molar-refractivity contribution in [3.63, 3.8) is 0 Å². The van der Waals surface area contributed by atoms with Crippen LogP contribution >= 0.6 is 0 Å². The van der Waals surface area contributed by atoms with Gasteiger partial charge in [0.2, 0.25) is 5.91 Å². The number of aromatic nitrogens is 2. The summed E-state index contributed by atoms with van der Waals surface area (Å²) >= 11 is 0. The topological polar surface area (TPSA) is 80.9 Å². The summed E-state index contributed by atoms with van der Waals surface area (Å²) < 4.78 is 0. The zero-order valence-electron chi connectivity index (χ0n) is 11.4. The highest BCUT2D eigenvalue weighted by Gasteiger charge is 2.11. The number of carbonyl (C=O) groups is 1. The molecule has 1 aromatic heterocycles. The molecule has 0 bridgehead atoms. The minimum atomic E-state index is 0.00735. The zero-order chi connectivity index (χ0) is 14.4. The molecule has 0 radical (unpaired) electrons. The van der Waals surface area contributed by atoms with Crippen LogP contribution in [0.25, 0.3) is 0 Å². The first kappa shape index (κ1) is 14.0. The van der Waals surface area contributed by atoms with Gasteiger partial charge in [-0.15, -0.1) is 0 Å². The summed E-state index contributed by atoms with van der Waals surface area (Å²) in [5.74, 6) is 0.161. The van der Waals surface area contributed by atoms with Gasteiger partial charge in [0.1, 0.15) is 6.33 Å². The molecule has 20 heavy (non-hydrogen) atoms. The van der Waals surface area contributed by atoms with Crippen molar-refractivity contribution in [3.8, 4) is 0 Å². The largest absolute Gasteiger partial charge is 0.399 e. The molecule has 1 atom stereocenters. The van der Waals surface area contributed by atoms with Crippen molar-refractivity contribution in [2.45, 2.75) is 25.8 Å². The highest BCUT2D eigenvalue weighted by Crippen LogP contribution is 2.19. The fraction of sp³-hybridized carbons (Fsp3) is 0.267. The molecule has 2 rings (SSSR count). The van der Waals surface area contributed by atoms with Crippen LogP contribution in [0.3, 0.4) is 0 Å². The first-order valence-corrected chi connectivity index (χ1v) is 6.52. The first-order valence-electron chi connectivity index (χ1n) is 6.52. The predicted octanol–water partition coefficient (Wildman–Crippen LogP) is 1.87. The maximum atomic E-state index is 11.9. The van der Waals surface area contributed by atoms with E-state index in [1.165, 1.54) is 6.33 Å². The van der Waals surface area contributed by atoms with E-state index in [9.17, 15) is 4.79 Å². The standard InChI is InChI=1S/C15H18N4O/c1-11(12-2-4-13(16)5-3-12)8-15(20)18-9-14-6-7-17-10-19-14/h2-7,10-11H,8-9,16H2,1H3,(H,18,20). The summed E-state index contributed by atoms with van der Waals surface area (Å²) in [7, 11) is 0. The van der Waals surface area contributed by atoms with Crippen molar-refractivity contribution in [1.29, 1.82) is 0 Å². The molecule has 0 fully saturated rings. The molecule has 1 aromatic carbocycles. The molecule has 1 unspecified atom stereocenters. The van der Waals surface area contributed by atoms with Gasteiger partial charge in [-0.1, -0.05) is 19.1 Å². The minimum absolute atomic E-state index is 0.00735. The van der Waals surface area contributed by atoms with Crippen LogP contribution in [0.1, 0.15) is 30.5 Å². The van der Waals surface area contributed by atoms with Gasteiger partial charge in [-0.05, 0) is 29.7 Å². The van der Waals surface area contributed by atoms with Crippen molar-refractivity contribution in [2.24, 2.45) is 0 Å². The molecule has 1 heterocycles. The number of carbonyl (C=O) groups excluding carboxylic acids is 1. The monoisotopic (exact) mass is 270 g/mol. The molecule has 0 saturated carbocycles. The molecule has 0 saturated heterocycles. The van der Waals surface area contributed by atoms with E-state index in [4.69, 9.17) is 5.73 Å². The van der Waals surface area contributed by atoms with Crippen molar-refractivity contribution < 1.29 is 4.79 Å². The Morgan fingerprint density at radius 1 is 1.30 bits per heavy atom. The maximum Gasteiger partial charge on any atom is 0.220 e. The number of amides is 1. The van der Waals surface area contributed by atoms with Crippen molar-refractivity contribution >= 4 is 11.6 Å². The van der Waals surface area contributed by atoms with E-state index < -0.39 is 0 Å². The molecule has 0 spiro atoms. The molecule has 2 aromatic rings. The Kier molecular flexibility index (Phi) is 4.65. The van der Waals surface area contributed by atoms with Gasteiger partial charge in [-0.25, -0.2) is 9.97 Å². The van der Waals surface area contributed by atoms with Crippen molar-refractivity contribution in [2.75, 3.05) is 5.73 Å². The van der Waals surface area contributed by atoms with Crippen molar-refractivity contribution in [3.05, 3.63) is 54.1 Å². The number of benzene rings is 1. The Hall–Kier alpha value is -2.43. The molecule has 3 N–H and O–H groups in total. The summed E-state index contributed by atoms with van der Waals surface area (Å²) in [4.78, 5) is 19.8. The number of nitrogen functional groups attached to an aromatic ring is 1. The molecule has 5 heteroatoms. The summed E-state index contributed by atoms with van der Waals surface area (Å²) in [5.41, 5.74) is 8.29. The van der Waals surface area contributed by atoms with E-state index in [1.807, 2.05) is 31.2 Å². The van der Waals surface area contributed by atoms with Gasteiger partial charge in [-0.2, -0.15) is 0 Å². The molecule has 104 valence electrons. The molecular weight excluding hydrogens is 252 g/mol. The lowest BCUT2D eigenvalue weighted by atomic mass is 9.97. The maximum absolute atomic E-state index is 11.9. The van der Waals surface area contributed by atoms with Crippen LogP contribution in [0.5, 0.6) is 0 Å². The fourth-order valence-corrected chi connectivity index (χ4v) is 1.90. The molecule has 1 amide bonds. The van der Waals surface area contributed by atoms with Crippen LogP contribution in [-0.4, -0.2) is 15.9 Å². The Balaban J connectivity index is 1.83. The number of anilines is 1. The van der Waals surface area contributed by atoms with Gasteiger partial charge in [-0.3, -0.25) is 4.79 Å². The smallest absolute Gasteiger partial charge is 0.220 e. The number of nitrogens with one attached hydrogen (secondary N) is 1. The van der Waals surface area contributed by atoms with Crippen LogP contribution in [0.2, 0.25) is 0 Å². The first-order chi connectivity index (χ1) is 9.65. The quantitative estimate of drug-likeness (QED) is 0.813. The lowest BCUT2D eigenvalue weighted by molar-refractivity contribution is -0.121. The summed E-state index contributed by atoms with van der Waals surface area (Å²) in [6.07, 6.45) is 3.57. The van der Waals surface area contributed by atoms with Gasteiger partial charge < -0.3 is 11.1 Å². The Labute approximate surface area is 118 Å². The normalized spacial score (nSPS) is 11.8. The zero-order valence-corrected chi connectivity index (χ0v) is 11.4. The Bertz CT molecular complexity index is 554. The van der Waals surface area contributed by atoms with Crippen LogP contribution in [0.4, 0.5) is 5.69 Å². The average molecular weight is 270 g/mol. The SMILES string of the molecule is CC(CC(=O)NCc1ccncn1)c1ccc(N)cc1.